The van der Waals surface area contributed by atoms with E-state index in [0.29, 0.717) is 5.92 Å². The van der Waals surface area contributed by atoms with Crippen molar-refractivity contribution in [1.29, 1.82) is 0 Å². The number of carbonyl (C=O) groups is 1. The monoisotopic (exact) mass is 219 g/mol. The molecule has 0 radical (unpaired) electrons. The maximum absolute atomic E-state index is 11.2. The smallest absolute Gasteiger partial charge is 0.219 e. The molecule has 1 saturated heterocycles. The number of amides is 1. The highest BCUT2D eigenvalue weighted by atomic mass is 16.2. The van der Waals surface area contributed by atoms with Gasteiger partial charge in [0.25, 0.3) is 0 Å². The fourth-order valence-electron chi connectivity index (χ4n) is 2.18. The van der Waals surface area contributed by atoms with E-state index in [9.17, 15) is 4.79 Å². The van der Waals surface area contributed by atoms with Crippen molar-refractivity contribution >= 4 is 5.91 Å². The van der Waals surface area contributed by atoms with Crippen LogP contribution >= 0.6 is 0 Å². The Kier molecular flexibility index (Phi) is 3.49. The van der Waals surface area contributed by atoms with E-state index in [1.807, 2.05) is 11.1 Å². The molecule has 1 fully saturated rings. The lowest BCUT2D eigenvalue weighted by Crippen LogP contribution is -2.37. The van der Waals surface area contributed by atoms with Crippen LogP contribution in [0.4, 0.5) is 0 Å². The molecular weight excluding hydrogens is 202 g/mol. The summed E-state index contributed by atoms with van der Waals surface area (Å²) in [5.41, 5.74) is 1.06. The molecule has 0 aromatic carbocycles. The number of likely N-dealkylation sites (tertiary alicyclic amines) is 1. The highest BCUT2D eigenvalue weighted by Crippen LogP contribution is 2.20. The summed E-state index contributed by atoms with van der Waals surface area (Å²) in [5.74, 6) is 0.838. The normalized spacial score (nSPS) is 17.4. The third-order valence-corrected chi connectivity index (χ3v) is 3.17. The van der Waals surface area contributed by atoms with Gasteiger partial charge < -0.3 is 4.90 Å². The summed E-state index contributed by atoms with van der Waals surface area (Å²) >= 11 is 0. The second-order valence-corrected chi connectivity index (χ2v) is 4.35. The van der Waals surface area contributed by atoms with Crippen molar-refractivity contribution in [2.24, 2.45) is 5.92 Å². The molecule has 4 heteroatoms. The molecular formula is C12H17N3O. The molecule has 1 aliphatic rings. The van der Waals surface area contributed by atoms with Gasteiger partial charge in [-0.2, -0.15) is 0 Å². The largest absolute Gasteiger partial charge is 0.343 e. The number of carbonyl (C=O) groups excluding carboxylic acids is 1. The number of piperidine rings is 1. The molecule has 4 nitrogen and oxygen atoms in total. The zero-order valence-corrected chi connectivity index (χ0v) is 9.59. The van der Waals surface area contributed by atoms with Gasteiger partial charge in [0, 0.05) is 38.6 Å². The average molecular weight is 219 g/mol. The summed E-state index contributed by atoms with van der Waals surface area (Å²) in [7, 11) is 0. The molecule has 86 valence electrons. The Morgan fingerprint density at radius 3 is 2.75 bits per heavy atom. The van der Waals surface area contributed by atoms with Gasteiger partial charge in [-0.05, 0) is 25.2 Å². The second kappa shape index (κ2) is 5.05. The van der Waals surface area contributed by atoms with Gasteiger partial charge in [0.05, 0.1) is 5.69 Å². The van der Waals surface area contributed by atoms with E-state index in [0.717, 1.165) is 38.0 Å². The highest BCUT2D eigenvalue weighted by Gasteiger charge is 2.20. The SMILES string of the molecule is CC(=O)N1CCC(Cc2cnccn2)CC1. The van der Waals surface area contributed by atoms with Gasteiger partial charge >= 0.3 is 0 Å². The van der Waals surface area contributed by atoms with E-state index in [1.165, 1.54) is 0 Å². The molecule has 2 rings (SSSR count). The van der Waals surface area contributed by atoms with Crippen molar-refractivity contribution in [3.63, 3.8) is 0 Å². The summed E-state index contributed by atoms with van der Waals surface area (Å²) in [6.45, 7) is 3.42. The first-order valence-electron chi connectivity index (χ1n) is 5.76. The van der Waals surface area contributed by atoms with Crippen molar-refractivity contribution in [3.05, 3.63) is 24.3 Å². The maximum atomic E-state index is 11.2. The van der Waals surface area contributed by atoms with Crippen LogP contribution in [0.15, 0.2) is 18.6 Å². The Bertz CT molecular complexity index is 345. The number of aromatic nitrogens is 2. The van der Waals surface area contributed by atoms with E-state index in [2.05, 4.69) is 9.97 Å². The fourth-order valence-corrected chi connectivity index (χ4v) is 2.18. The van der Waals surface area contributed by atoms with Crippen molar-refractivity contribution in [3.8, 4) is 0 Å². The van der Waals surface area contributed by atoms with Crippen molar-refractivity contribution < 1.29 is 4.79 Å². The third kappa shape index (κ3) is 2.78. The quantitative estimate of drug-likeness (QED) is 0.752. The molecule has 1 aliphatic heterocycles. The van der Waals surface area contributed by atoms with Gasteiger partial charge in [-0.15, -0.1) is 0 Å². The molecule has 0 N–H and O–H groups in total. The molecule has 2 heterocycles. The second-order valence-electron chi connectivity index (χ2n) is 4.35. The number of nitrogens with zero attached hydrogens (tertiary/aromatic N) is 3. The molecule has 1 aromatic rings. The molecule has 0 saturated carbocycles. The maximum Gasteiger partial charge on any atom is 0.219 e. The van der Waals surface area contributed by atoms with Crippen LogP contribution in [0.2, 0.25) is 0 Å². The Labute approximate surface area is 95.7 Å². The predicted molar refractivity (Wildman–Crippen MR) is 60.7 cm³/mol. The van der Waals surface area contributed by atoms with Crippen molar-refractivity contribution in [2.45, 2.75) is 26.2 Å². The summed E-state index contributed by atoms with van der Waals surface area (Å²) in [4.78, 5) is 21.4. The summed E-state index contributed by atoms with van der Waals surface area (Å²) in [6.07, 6.45) is 8.41. The van der Waals surface area contributed by atoms with E-state index in [4.69, 9.17) is 0 Å². The van der Waals surface area contributed by atoms with Crippen LogP contribution in [-0.4, -0.2) is 33.9 Å². The van der Waals surface area contributed by atoms with E-state index in [-0.39, 0.29) is 5.91 Å². The van der Waals surface area contributed by atoms with Gasteiger partial charge in [-0.1, -0.05) is 0 Å². The van der Waals surface area contributed by atoms with E-state index < -0.39 is 0 Å². The molecule has 16 heavy (non-hydrogen) atoms. The van der Waals surface area contributed by atoms with Gasteiger partial charge in [0.15, 0.2) is 0 Å². The lowest BCUT2D eigenvalue weighted by Gasteiger charge is -2.31. The van der Waals surface area contributed by atoms with Gasteiger partial charge in [-0.3, -0.25) is 14.8 Å². The third-order valence-electron chi connectivity index (χ3n) is 3.17. The Hall–Kier alpha value is -1.45. The number of hydrogen-bond donors (Lipinski definition) is 0. The van der Waals surface area contributed by atoms with Crippen LogP contribution in [0.3, 0.4) is 0 Å². The molecule has 1 aromatic heterocycles. The minimum atomic E-state index is 0.193. The van der Waals surface area contributed by atoms with Crippen LogP contribution in [0.1, 0.15) is 25.5 Å². The molecule has 0 spiro atoms. The van der Waals surface area contributed by atoms with Crippen LogP contribution in [0.5, 0.6) is 0 Å². The number of hydrogen-bond acceptors (Lipinski definition) is 3. The predicted octanol–water partition coefficient (Wildman–Crippen LogP) is 1.28. The first kappa shape index (κ1) is 11.0. The fraction of sp³-hybridized carbons (Fsp3) is 0.583. The van der Waals surface area contributed by atoms with E-state index >= 15 is 0 Å². The highest BCUT2D eigenvalue weighted by molar-refractivity contribution is 5.73. The Morgan fingerprint density at radius 1 is 1.44 bits per heavy atom. The van der Waals surface area contributed by atoms with Crippen LogP contribution in [-0.2, 0) is 11.2 Å². The zero-order valence-electron chi connectivity index (χ0n) is 9.59. The van der Waals surface area contributed by atoms with Crippen molar-refractivity contribution in [1.82, 2.24) is 14.9 Å². The molecule has 0 unspecified atom stereocenters. The van der Waals surface area contributed by atoms with Crippen molar-refractivity contribution in [2.75, 3.05) is 13.1 Å². The summed E-state index contributed by atoms with van der Waals surface area (Å²) in [6, 6.07) is 0. The summed E-state index contributed by atoms with van der Waals surface area (Å²) in [5, 5.41) is 0. The molecule has 1 amide bonds. The lowest BCUT2D eigenvalue weighted by molar-refractivity contribution is -0.130. The van der Waals surface area contributed by atoms with Gasteiger partial charge in [0.2, 0.25) is 5.91 Å². The van der Waals surface area contributed by atoms with E-state index in [1.54, 1.807) is 19.3 Å². The topological polar surface area (TPSA) is 46.1 Å². The van der Waals surface area contributed by atoms with Gasteiger partial charge in [0.1, 0.15) is 0 Å². The Morgan fingerprint density at radius 2 is 2.19 bits per heavy atom. The minimum Gasteiger partial charge on any atom is -0.343 e. The zero-order chi connectivity index (χ0) is 11.4. The minimum absolute atomic E-state index is 0.193. The standard InChI is InChI=1S/C12H17N3O/c1-10(16)15-6-2-11(3-7-15)8-12-9-13-4-5-14-12/h4-5,9,11H,2-3,6-8H2,1H3. The van der Waals surface area contributed by atoms with Crippen LogP contribution in [0.25, 0.3) is 0 Å². The van der Waals surface area contributed by atoms with Crippen LogP contribution < -0.4 is 0 Å². The number of rotatable bonds is 2. The molecule has 0 atom stereocenters. The first-order chi connectivity index (χ1) is 7.75. The summed E-state index contributed by atoms with van der Waals surface area (Å²) < 4.78 is 0. The Balaban J connectivity index is 1.84. The molecule has 0 aliphatic carbocycles. The first-order valence-corrected chi connectivity index (χ1v) is 5.76. The van der Waals surface area contributed by atoms with Crippen LogP contribution in [0, 0.1) is 5.92 Å². The lowest BCUT2D eigenvalue weighted by atomic mass is 9.92. The average Bonchev–Trinajstić information content (AvgIpc) is 2.31. The van der Waals surface area contributed by atoms with Gasteiger partial charge in [-0.25, -0.2) is 0 Å². The molecule has 0 bridgehead atoms.